The summed E-state index contributed by atoms with van der Waals surface area (Å²) in [4.78, 5) is 21.0. The summed E-state index contributed by atoms with van der Waals surface area (Å²) in [5.41, 5.74) is 0.0407. The number of aromatic nitrogens is 4. The van der Waals surface area contributed by atoms with E-state index in [1.807, 2.05) is 0 Å². The van der Waals surface area contributed by atoms with Crippen LogP contribution in [0.4, 0.5) is 14.6 Å². The van der Waals surface area contributed by atoms with Gasteiger partial charge in [0, 0.05) is 23.9 Å². The maximum atomic E-state index is 13.9. The highest BCUT2D eigenvalue weighted by Gasteiger charge is 2.42. The van der Waals surface area contributed by atoms with Crippen LogP contribution in [0.1, 0.15) is 28.0 Å². The zero-order chi connectivity index (χ0) is 26.0. The van der Waals surface area contributed by atoms with E-state index in [9.17, 15) is 32.2 Å². The van der Waals surface area contributed by atoms with Gasteiger partial charge >= 0.3 is 10.3 Å². The van der Waals surface area contributed by atoms with Crippen LogP contribution in [-0.4, -0.2) is 69.0 Å². The molecule has 1 aliphatic rings. The molecule has 0 aliphatic heterocycles. The number of hydrogen-bond donors (Lipinski definition) is 4. The first-order valence-corrected chi connectivity index (χ1v) is 12.1. The van der Waals surface area contributed by atoms with Crippen LogP contribution in [0.15, 0.2) is 43.0 Å². The molecule has 0 amide bonds. The third-order valence-electron chi connectivity index (χ3n) is 5.74. The van der Waals surface area contributed by atoms with Crippen molar-refractivity contribution in [2.24, 2.45) is 11.1 Å². The summed E-state index contributed by atoms with van der Waals surface area (Å²) in [6.45, 7) is -0.546. The fourth-order valence-electron chi connectivity index (χ4n) is 3.95. The number of benzene rings is 1. The number of nitrogens with two attached hydrogens (primary N) is 1. The fourth-order valence-corrected chi connectivity index (χ4v) is 4.31. The molecule has 4 rings (SSSR count). The van der Waals surface area contributed by atoms with Gasteiger partial charge in [0.25, 0.3) is 0 Å². The van der Waals surface area contributed by atoms with Gasteiger partial charge in [-0.2, -0.15) is 13.5 Å². The Bertz CT molecular complexity index is 1370. The smallest absolute Gasteiger partial charge is 0.333 e. The second-order valence-electron chi connectivity index (χ2n) is 8.25. The van der Waals surface area contributed by atoms with Gasteiger partial charge in [-0.3, -0.25) is 13.7 Å². The van der Waals surface area contributed by atoms with E-state index < -0.39 is 58.5 Å². The van der Waals surface area contributed by atoms with Crippen LogP contribution in [0.25, 0.3) is 0 Å². The van der Waals surface area contributed by atoms with Crippen molar-refractivity contribution in [2.45, 2.75) is 31.2 Å². The topological polar surface area (TPSA) is 183 Å². The second-order valence-corrected chi connectivity index (χ2v) is 9.47. The van der Waals surface area contributed by atoms with Crippen molar-refractivity contribution in [1.29, 1.82) is 0 Å². The number of nitrogens with one attached hydrogen (secondary N) is 1. The van der Waals surface area contributed by atoms with Gasteiger partial charge in [0.1, 0.15) is 35.6 Å². The van der Waals surface area contributed by atoms with Gasteiger partial charge in [-0.1, -0.05) is 0 Å². The van der Waals surface area contributed by atoms with Crippen molar-refractivity contribution in [3.63, 3.8) is 0 Å². The molecule has 0 spiro atoms. The second kappa shape index (κ2) is 10.3. The van der Waals surface area contributed by atoms with Gasteiger partial charge < -0.3 is 15.5 Å². The fraction of sp³-hybridized carbons (Fsp3) is 0.333. The molecule has 1 aliphatic carbocycles. The largest absolute Gasteiger partial charge is 0.390 e. The summed E-state index contributed by atoms with van der Waals surface area (Å²) in [5.74, 6) is -2.52. The van der Waals surface area contributed by atoms with E-state index in [-0.39, 0.29) is 35.6 Å². The molecule has 4 atom stereocenters. The van der Waals surface area contributed by atoms with E-state index in [4.69, 9.17) is 5.14 Å². The number of halogens is 2. The van der Waals surface area contributed by atoms with Crippen molar-refractivity contribution in [3.8, 4) is 0 Å². The first-order chi connectivity index (χ1) is 17.0. The van der Waals surface area contributed by atoms with E-state index in [2.05, 4.69) is 24.6 Å². The molecule has 2 aromatic heterocycles. The van der Waals surface area contributed by atoms with Crippen LogP contribution < -0.4 is 10.5 Å². The van der Waals surface area contributed by atoms with Crippen molar-refractivity contribution in [1.82, 2.24) is 19.7 Å². The Morgan fingerprint density at radius 2 is 2.03 bits per heavy atom. The number of aliphatic hydroxyl groups excluding tert-OH is 2. The molecule has 5 N–H and O–H groups in total. The predicted octanol–water partition coefficient (Wildman–Crippen LogP) is -0.0271. The lowest BCUT2D eigenvalue weighted by atomic mass is 10.1. The summed E-state index contributed by atoms with van der Waals surface area (Å²) in [6.07, 6.45) is 1.29. The van der Waals surface area contributed by atoms with Crippen LogP contribution in [-0.2, 0) is 21.0 Å². The average Bonchev–Trinajstić information content (AvgIpc) is 3.40. The minimum atomic E-state index is -4.23. The van der Waals surface area contributed by atoms with Crippen molar-refractivity contribution in [2.75, 3.05) is 11.9 Å². The molecule has 2 heterocycles. The van der Waals surface area contributed by atoms with Crippen molar-refractivity contribution < 1.29 is 36.4 Å². The van der Waals surface area contributed by atoms with E-state index >= 15 is 0 Å². The minimum absolute atomic E-state index is 0.00520. The van der Waals surface area contributed by atoms with Crippen LogP contribution in [0.5, 0.6) is 0 Å². The van der Waals surface area contributed by atoms with E-state index in [0.717, 1.165) is 18.2 Å². The predicted molar refractivity (Wildman–Crippen MR) is 120 cm³/mol. The number of carbonyl (C=O) groups is 1. The normalized spacial score (nSPS) is 22.0. The molecule has 1 aromatic carbocycles. The molecule has 0 saturated heterocycles. The number of carbonyl (C=O) groups excluding carboxylic acids is 1. The SMILES string of the molecule is NS(=O)(=O)OC[C@H]1C[C@@H](Nc2ncncc2C(=O)c2ccn(Cc3cc(F)ccc3F)n2)[C@H](O)[C@@H]1O. The number of ketones is 1. The Balaban J connectivity index is 1.49. The molecule has 192 valence electrons. The zero-order valence-electron chi connectivity index (χ0n) is 18.5. The first kappa shape index (κ1) is 25.7. The van der Waals surface area contributed by atoms with Crippen LogP contribution in [0.2, 0.25) is 0 Å². The summed E-state index contributed by atoms with van der Waals surface area (Å²) in [6, 6.07) is 3.62. The van der Waals surface area contributed by atoms with Crippen LogP contribution in [0, 0.1) is 17.6 Å². The maximum Gasteiger partial charge on any atom is 0.333 e. The lowest BCUT2D eigenvalue weighted by molar-refractivity contribution is 0.00778. The molecule has 3 aromatic rings. The van der Waals surface area contributed by atoms with E-state index in [1.165, 1.54) is 29.5 Å². The Hall–Kier alpha value is -3.37. The third-order valence-corrected chi connectivity index (χ3v) is 6.21. The Morgan fingerprint density at radius 3 is 2.78 bits per heavy atom. The Labute approximate surface area is 204 Å². The number of hydrogen-bond acceptors (Lipinski definition) is 10. The highest BCUT2D eigenvalue weighted by atomic mass is 32.2. The zero-order valence-corrected chi connectivity index (χ0v) is 19.3. The maximum absolute atomic E-state index is 13.9. The van der Waals surface area contributed by atoms with Gasteiger partial charge in [0.05, 0.1) is 30.9 Å². The lowest BCUT2D eigenvalue weighted by Crippen LogP contribution is -2.36. The van der Waals surface area contributed by atoms with Gasteiger partial charge in [0.2, 0.25) is 5.78 Å². The standard InChI is InChI=1S/C21H22F2N6O6S/c22-13-1-2-15(23)11(5-13)8-29-4-3-16(28-29)19(31)14-7-25-10-26-21(14)27-17-6-12(18(30)20(17)32)9-35-36(24,33)34/h1-5,7,10,12,17-18,20,30,32H,6,8-9H2,(H2,24,33,34)(H,25,26,27)/t12-,17-,18-,20+/m1/s1. The summed E-state index contributed by atoms with van der Waals surface area (Å²) in [5, 5.41) is 32.5. The van der Waals surface area contributed by atoms with Crippen molar-refractivity contribution >= 4 is 21.9 Å². The van der Waals surface area contributed by atoms with Gasteiger partial charge in [-0.05, 0) is 30.7 Å². The molecule has 1 saturated carbocycles. The number of aliphatic hydroxyl groups is 2. The summed E-state index contributed by atoms with van der Waals surface area (Å²) < 4.78 is 55.3. The van der Waals surface area contributed by atoms with E-state index in [1.54, 1.807) is 0 Å². The van der Waals surface area contributed by atoms with Gasteiger partial charge in [-0.15, -0.1) is 0 Å². The molecule has 36 heavy (non-hydrogen) atoms. The van der Waals surface area contributed by atoms with Crippen LogP contribution in [0.3, 0.4) is 0 Å². The molecule has 0 bridgehead atoms. The molecule has 0 radical (unpaired) electrons. The minimum Gasteiger partial charge on any atom is -0.390 e. The number of anilines is 1. The van der Waals surface area contributed by atoms with Crippen molar-refractivity contribution in [3.05, 3.63) is 71.4 Å². The van der Waals surface area contributed by atoms with Gasteiger partial charge in [-0.25, -0.2) is 23.9 Å². The first-order valence-electron chi connectivity index (χ1n) is 10.6. The molecule has 12 nitrogen and oxygen atoms in total. The van der Waals surface area contributed by atoms with Gasteiger partial charge in [0.15, 0.2) is 0 Å². The summed E-state index contributed by atoms with van der Waals surface area (Å²) >= 11 is 0. The molecule has 0 unspecified atom stereocenters. The monoisotopic (exact) mass is 524 g/mol. The summed E-state index contributed by atoms with van der Waals surface area (Å²) in [7, 11) is -4.23. The lowest BCUT2D eigenvalue weighted by Gasteiger charge is -2.19. The molecular weight excluding hydrogens is 502 g/mol. The quantitative estimate of drug-likeness (QED) is 0.277. The molecular formula is C21H22F2N6O6S. The Kier molecular flexibility index (Phi) is 7.37. The van der Waals surface area contributed by atoms with E-state index in [0.29, 0.717) is 0 Å². The molecule has 1 fully saturated rings. The molecule has 15 heteroatoms. The van der Waals surface area contributed by atoms with Crippen LogP contribution >= 0.6 is 0 Å². The number of rotatable bonds is 9. The number of nitrogens with zero attached hydrogens (tertiary/aromatic N) is 4. The third kappa shape index (κ3) is 5.88. The highest BCUT2D eigenvalue weighted by Crippen LogP contribution is 2.30. The highest BCUT2D eigenvalue weighted by molar-refractivity contribution is 7.84. The Morgan fingerprint density at radius 1 is 1.25 bits per heavy atom. The average molecular weight is 525 g/mol.